The van der Waals surface area contributed by atoms with Crippen molar-refractivity contribution in [1.82, 2.24) is 30.7 Å². The Morgan fingerprint density at radius 1 is 1.19 bits per heavy atom. The number of aromatic hydroxyl groups is 1. The zero-order valence-corrected chi connectivity index (χ0v) is 18.6. The number of nitrogens with zero attached hydrogens (tertiary/aromatic N) is 5. The second kappa shape index (κ2) is 7.58. The highest BCUT2D eigenvalue weighted by Crippen LogP contribution is 2.37. The van der Waals surface area contributed by atoms with Crippen molar-refractivity contribution in [2.75, 3.05) is 25.0 Å². The summed E-state index contributed by atoms with van der Waals surface area (Å²) < 4.78 is 0.955. The summed E-state index contributed by atoms with van der Waals surface area (Å²) in [4.78, 5) is 7.02. The highest BCUT2D eigenvalue weighted by atomic mass is 32.1. The Kier molecular flexibility index (Phi) is 4.86. The van der Waals surface area contributed by atoms with Crippen LogP contribution in [0.4, 0.5) is 5.13 Å². The average Bonchev–Trinajstić information content (AvgIpc) is 3.42. The van der Waals surface area contributed by atoms with Crippen LogP contribution in [0.15, 0.2) is 36.7 Å². The lowest BCUT2D eigenvalue weighted by Crippen LogP contribution is -2.53. The summed E-state index contributed by atoms with van der Waals surface area (Å²) in [6, 6.07) is 7.88. The molecule has 31 heavy (non-hydrogen) atoms. The molecule has 160 valence electrons. The van der Waals surface area contributed by atoms with Gasteiger partial charge in [0.2, 0.25) is 0 Å². The minimum Gasteiger partial charge on any atom is -0.507 e. The van der Waals surface area contributed by atoms with E-state index < -0.39 is 0 Å². The minimum absolute atomic E-state index is 0.157. The summed E-state index contributed by atoms with van der Waals surface area (Å²) in [5, 5.41) is 30.5. The van der Waals surface area contributed by atoms with Gasteiger partial charge in [-0.2, -0.15) is 10.1 Å². The van der Waals surface area contributed by atoms with E-state index >= 15 is 0 Å². The molecule has 5 rings (SSSR count). The number of piperidine rings is 1. The molecule has 3 N–H and O–H groups in total. The van der Waals surface area contributed by atoms with Gasteiger partial charge in [-0.1, -0.05) is 31.3 Å². The van der Waals surface area contributed by atoms with Crippen molar-refractivity contribution >= 4 is 26.8 Å². The normalized spacial score (nSPS) is 18.4. The molecule has 4 aromatic rings. The maximum Gasteiger partial charge on any atom is 0.194 e. The average molecular weight is 436 g/mol. The first-order chi connectivity index (χ1) is 14.9. The monoisotopic (exact) mass is 435 g/mol. The number of phenolic OH excluding ortho intramolecular Hbond substituents is 1. The number of aromatic amines is 1. The molecule has 8 nitrogen and oxygen atoms in total. The number of hydrogen-bond donors (Lipinski definition) is 3. The van der Waals surface area contributed by atoms with E-state index in [2.05, 4.69) is 51.5 Å². The smallest absolute Gasteiger partial charge is 0.194 e. The van der Waals surface area contributed by atoms with Gasteiger partial charge >= 0.3 is 0 Å². The fourth-order valence-corrected chi connectivity index (χ4v) is 5.31. The zero-order valence-electron chi connectivity index (χ0n) is 17.8. The Labute approximate surface area is 184 Å². The van der Waals surface area contributed by atoms with E-state index in [-0.39, 0.29) is 11.2 Å². The minimum atomic E-state index is 0.157. The van der Waals surface area contributed by atoms with Gasteiger partial charge in [-0.25, -0.2) is 0 Å². The largest absolute Gasteiger partial charge is 0.507 e. The predicted molar refractivity (Wildman–Crippen MR) is 123 cm³/mol. The molecule has 0 amide bonds. The van der Waals surface area contributed by atoms with Gasteiger partial charge in [0.15, 0.2) is 10.8 Å². The Hall–Kier alpha value is -3.04. The third kappa shape index (κ3) is 3.64. The molecule has 0 aliphatic carbocycles. The topological polar surface area (TPSA) is 103 Å². The lowest BCUT2D eigenvalue weighted by atomic mass is 9.79. The van der Waals surface area contributed by atoms with Crippen molar-refractivity contribution in [3.05, 3.63) is 36.7 Å². The van der Waals surface area contributed by atoms with Crippen LogP contribution in [0.25, 0.3) is 32.7 Å². The molecular weight excluding hydrogens is 410 g/mol. The second-order valence-corrected chi connectivity index (χ2v) is 9.72. The SMILES string of the molecule is CN(c1nc2nnc(-c3ccc(-c4cn[nH]c4)cc3O)cc2s1)C1CCNCC1(C)C. The van der Waals surface area contributed by atoms with Gasteiger partial charge in [0.1, 0.15) is 5.75 Å². The number of benzene rings is 1. The standard InChI is InChI=1S/C22H25N7OS/c1-22(2)12-23-7-6-19(22)29(3)21-26-20-18(31-21)9-16(27-28-20)15-5-4-13(8-17(15)30)14-10-24-25-11-14/h4-5,8-11,19,23,30H,6-7,12H2,1-3H3,(H,24,25). The van der Waals surface area contributed by atoms with Crippen LogP contribution in [0.5, 0.6) is 5.75 Å². The fraction of sp³-hybridized carbons (Fsp3) is 0.364. The summed E-state index contributed by atoms with van der Waals surface area (Å²) in [5.74, 6) is 0.158. The van der Waals surface area contributed by atoms with Gasteiger partial charge in [0.25, 0.3) is 0 Å². The van der Waals surface area contributed by atoms with Crippen molar-refractivity contribution in [1.29, 1.82) is 0 Å². The van der Waals surface area contributed by atoms with Crippen LogP contribution in [0, 0.1) is 5.41 Å². The third-order valence-electron chi connectivity index (χ3n) is 6.10. The highest BCUT2D eigenvalue weighted by Gasteiger charge is 2.36. The van der Waals surface area contributed by atoms with Gasteiger partial charge in [0.05, 0.1) is 16.6 Å². The van der Waals surface area contributed by atoms with Crippen molar-refractivity contribution < 1.29 is 5.11 Å². The molecule has 0 bridgehead atoms. The van der Waals surface area contributed by atoms with E-state index in [9.17, 15) is 5.11 Å². The number of thiazole rings is 1. The summed E-state index contributed by atoms with van der Waals surface area (Å²) in [6.45, 7) is 6.59. The molecule has 1 atom stereocenters. The van der Waals surface area contributed by atoms with E-state index in [0.29, 0.717) is 22.9 Å². The van der Waals surface area contributed by atoms with E-state index in [1.54, 1.807) is 29.8 Å². The number of phenols is 1. The fourth-order valence-electron chi connectivity index (χ4n) is 4.36. The van der Waals surface area contributed by atoms with Crippen LogP contribution in [0.2, 0.25) is 0 Å². The van der Waals surface area contributed by atoms with E-state index in [0.717, 1.165) is 40.5 Å². The molecule has 0 radical (unpaired) electrons. The molecule has 0 saturated carbocycles. The van der Waals surface area contributed by atoms with Crippen LogP contribution >= 0.6 is 11.3 Å². The van der Waals surface area contributed by atoms with Gasteiger partial charge in [-0.05, 0) is 42.1 Å². The first-order valence-corrected chi connectivity index (χ1v) is 11.1. The maximum atomic E-state index is 10.6. The van der Waals surface area contributed by atoms with Crippen molar-refractivity contribution in [2.24, 2.45) is 5.41 Å². The molecule has 1 aliphatic heterocycles. The van der Waals surface area contributed by atoms with Crippen molar-refractivity contribution in [3.8, 4) is 28.1 Å². The second-order valence-electron chi connectivity index (χ2n) is 8.71. The molecule has 1 aliphatic rings. The lowest BCUT2D eigenvalue weighted by Gasteiger charge is -2.44. The van der Waals surface area contributed by atoms with Crippen LogP contribution in [-0.2, 0) is 0 Å². The van der Waals surface area contributed by atoms with Gasteiger partial charge in [-0.3, -0.25) is 5.10 Å². The number of nitrogens with one attached hydrogen (secondary N) is 2. The molecule has 0 spiro atoms. The first-order valence-electron chi connectivity index (χ1n) is 10.3. The Morgan fingerprint density at radius 2 is 2.06 bits per heavy atom. The number of H-pyrrole nitrogens is 1. The molecule has 1 aromatic carbocycles. The highest BCUT2D eigenvalue weighted by molar-refractivity contribution is 7.22. The van der Waals surface area contributed by atoms with Crippen molar-refractivity contribution in [3.63, 3.8) is 0 Å². The van der Waals surface area contributed by atoms with Gasteiger partial charge in [-0.15, -0.1) is 10.2 Å². The summed E-state index contributed by atoms with van der Waals surface area (Å²) in [5.41, 5.74) is 3.87. The molecule has 1 fully saturated rings. The predicted octanol–water partition coefficient (Wildman–Crippen LogP) is 3.67. The maximum absolute atomic E-state index is 10.6. The first kappa shape index (κ1) is 19.9. The quantitative estimate of drug-likeness (QED) is 0.449. The number of hydrogen-bond acceptors (Lipinski definition) is 8. The van der Waals surface area contributed by atoms with Gasteiger partial charge in [0, 0.05) is 37.0 Å². The number of rotatable bonds is 4. The molecule has 9 heteroatoms. The van der Waals surface area contributed by atoms with E-state index in [1.807, 2.05) is 18.2 Å². The Morgan fingerprint density at radius 3 is 2.81 bits per heavy atom. The van der Waals surface area contributed by atoms with Crippen LogP contribution < -0.4 is 10.2 Å². The zero-order chi connectivity index (χ0) is 21.6. The number of aromatic nitrogens is 5. The lowest BCUT2D eigenvalue weighted by molar-refractivity contribution is 0.215. The van der Waals surface area contributed by atoms with Crippen LogP contribution in [-0.4, -0.2) is 56.7 Å². The van der Waals surface area contributed by atoms with Gasteiger partial charge < -0.3 is 15.3 Å². The molecular formula is C22H25N7OS. The van der Waals surface area contributed by atoms with Crippen molar-refractivity contribution in [2.45, 2.75) is 26.3 Å². The molecule has 1 saturated heterocycles. The molecule has 4 heterocycles. The summed E-state index contributed by atoms with van der Waals surface area (Å²) in [7, 11) is 2.12. The number of anilines is 1. The van der Waals surface area contributed by atoms with E-state index in [4.69, 9.17) is 4.98 Å². The summed E-state index contributed by atoms with van der Waals surface area (Å²) in [6.07, 6.45) is 4.59. The summed E-state index contributed by atoms with van der Waals surface area (Å²) >= 11 is 1.61. The molecule has 1 unspecified atom stereocenters. The van der Waals surface area contributed by atoms with Crippen LogP contribution in [0.3, 0.4) is 0 Å². The molecule has 3 aromatic heterocycles. The Bertz CT molecular complexity index is 1220. The third-order valence-corrected chi connectivity index (χ3v) is 7.18. The van der Waals surface area contributed by atoms with E-state index in [1.165, 1.54) is 0 Å². The number of fused-ring (bicyclic) bond motifs is 1. The Balaban J connectivity index is 1.46. The van der Waals surface area contributed by atoms with Crippen LogP contribution in [0.1, 0.15) is 20.3 Å².